The number of thiocarbonyl (C=S) groups is 1. The fourth-order valence-corrected chi connectivity index (χ4v) is 5.38. The lowest BCUT2D eigenvalue weighted by Gasteiger charge is -2.29. The van der Waals surface area contributed by atoms with Crippen molar-refractivity contribution in [1.82, 2.24) is 19.9 Å². The van der Waals surface area contributed by atoms with Crippen LogP contribution in [0.15, 0.2) is 122 Å². The van der Waals surface area contributed by atoms with Gasteiger partial charge in [0.15, 0.2) is 11.7 Å². The van der Waals surface area contributed by atoms with E-state index in [2.05, 4.69) is 54.5 Å². The summed E-state index contributed by atoms with van der Waals surface area (Å²) in [5.74, 6) is 0.413. The molecule has 1 aliphatic heterocycles. The summed E-state index contributed by atoms with van der Waals surface area (Å²) in [6.07, 6.45) is 7.54. The van der Waals surface area contributed by atoms with E-state index in [0.717, 1.165) is 22.6 Å². The first kappa shape index (κ1) is 26.2. The van der Waals surface area contributed by atoms with Crippen molar-refractivity contribution in [2.75, 3.05) is 16.8 Å². The molecule has 41 heavy (non-hydrogen) atoms. The van der Waals surface area contributed by atoms with Gasteiger partial charge in [0.2, 0.25) is 0 Å². The van der Waals surface area contributed by atoms with Gasteiger partial charge in [0.05, 0.1) is 11.7 Å². The topological polar surface area (TPSA) is 84.3 Å². The number of para-hydroxylation sites is 1. The molecule has 0 bridgehead atoms. The van der Waals surface area contributed by atoms with Crippen LogP contribution in [-0.2, 0) is 11.3 Å². The van der Waals surface area contributed by atoms with Crippen molar-refractivity contribution in [3.63, 3.8) is 0 Å². The Balaban J connectivity index is 1.25. The van der Waals surface area contributed by atoms with E-state index >= 15 is 0 Å². The molecule has 6 rings (SSSR count). The Morgan fingerprint density at radius 1 is 0.927 bits per heavy atom. The van der Waals surface area contributed by atoms with Crippen molar-refractivity contribution in [3.8, 4) is 5.75 Å². The van der Waals surface area contributed by atoms with Crippen molar-refractivity contribution < 1.29 is 9.53 Å². The first-order chi connectivity index (χ1) is 20.2. The molecule has 2 aromatic carbocycles. The normalized spacial score (nSPS) is 16.3. The zero-order valence-corrected chi connectivity index (χ0v) is 22.9. The molecule has 2 atom stereocenters. The number of hydrogen-bond acceptors (Lipinski definition) is 5. The highest BCUT2D eigenvalue weighted by molar-refractivity contribution is 7.80. The van der Waals surface area contributed by atoms with Crippen LogP contribution in [-0.4, -0.2) is 32.2 Å². The van der Waals surface area contributed by atoms with Gasteiger partial charge in [0.1, 0.15) is 11.8 Å². The van der Waals surface area contributed by atoms with Crippen LogP contribution in [0.5, 0.6) is 5.75 Å². The predicted molar refractivity (Wildman–Crippen MR) is 163 cm³/mol. The van der Waals surface area contributed by atoms with Gasteiger partial charge in [-0.15, -0.1) is 0 Å². The molecule has 0 unspecified atom stereocenters. The maximum Gasteiger partial charge on any atom is 0.262 e. The average Bonchev–Trinajstić information content (AvgIpc) is 3.61. The second-order valence-electron chi connectivity index (χ2n) is 9.62. The van der Waals surface area contributed by atoms with Crippen LogP contribution in [0.3, 0.4) is 0 Å². The summed E-state index contributed by atoms with van der Waals surface area (Å²) < 4.78 is 7.79. The minimum atomic E-state index is -0.235. The monoisotopic (exact) mass is 560 g/mol. The van der Waals surface area contributed by atoms with E-state index in [-0.39, 0.29) is 24.6 Å². The highest BCUT2D eigenvalue weighted by Gasteiger charge is 2.42. The lowest BCUT2D eigenvalue weighted by molar-refractivity contribution is -0.118. The number of aromatic nitrogens is 3. The van der Waals surface area contributed by atoms with Gasteiger partial charge in [-0.1, -0.05) is 30.3 Å². The van der Waals surface area contributed by atoms with Gasteiger partial charge >= 0.3 is 0 Å². The number of ether oxygens (including phenoxy) is 1. The Bertz CT molecular complexity index is 1610. The molecule has 1 saturated heterocycles. The third-order valence-electron chi connectivity index (χ3n) is 6.88. The van der Waals surface area contributed by atoms with Crippen LogP contribution < -0.4 is 20.3 Å². The van der Waals surface area contributed by atoms with Crippen LogP contribution in [0.25, 0.3) is 0 Å². The largest absolute Gasteiger partial charge is 0.484 e. The smallest absolute Gasteiger partial charge is 0.262 e. The lowest BCUT2D eigenvalue weighted by atomic mass is 10.0. The highest BCUT2D eigenvalue weighted by Crippen LogP contribution is 2.42. The van der Waals surface area contributed by atoms with Gasteiger partial charge in [-0.2, -0.15) is 0 Å². The van der Waals surface area contributed by atoms with E-state index in [1.807, 2.05) is 85.1 Å². The Morgan fingerprint density at radius 3 is 2.51 bits per heavy atom. The average molecular weight is 561 g/mol. The van der Waals surface area contributed by atoms with Crippen molar-refractivity contribution in [3.05, 3.63) is 139 Å². The highest BCUT2D eigenvalue weighted by atomic mass is 32.1. The molecule has 4 heterocycles. The Labute approximate surface area is 243 Å². The number of nitrogens with zero attached hydrogens (tertiary/aromatic N) is 4. The Hall–Kier alpha value is -5.02. The molecule has 1 amide bonds. The summed E-state index contributed by atoms with van der Waals surface area (Å²) in [7, 11) is 0. The van der Waals surface area contributed by atoms with Gasteiger partial charge < -0.3 is 24.8 Å². The summed E-state index contributed by atoms with van der Waals surface area (Å²) in [5.41, 5.74) is 4.67. The number of carbonyl (C=O) groups excluding carboxylic acids is 1. The zero-order chi connectivity index (χ0) is 28.0. The summed E-state index contributed by atoms with van der Waals surface area (Å²) >= 11 is 5.89. The van der Waals surface area contributed by atoms with E-state index in [9.17, 15) is 4.79 Å². The minimum absolute atomic E-state index is 0.0757. The molecule has 1 aliphatic rings. The van der Waals surface area contributed by atoms with Crippen molar-refractivity contribution >= 4 is 34.6 Å². The van der Waals surface area contributed by atoms with E-state index < -0.39 is 0 Å². The van der Waals surface area contributed by atoms with E-state index in [1.165, 1.54) is 0 Å². The number of nitrogens with one attached hydrogen (secondary N) is 2. The molecular formula is C32H28N6O2S. The fraction of sp³-hybridized carbons (Fsp3) is 0.125. The number of anilines is 2. The lowest BCUT2D eigenvalue weighted by Crippen LogP contribution is -2.30. The van der Waals surface area contributed by atoms with Crippen LogP contribution in [0, 0.1) is 0 Å². The maximum absolute atomic E-state index is 12.5. The molecule has 3 aromatic heterocycles. The quantitative estimate of drug-likeness (QED) is 0.230. The molecule has 9 heteroatoms. The van der Waals surface area contributed by atoms with Gasteiger partial charge in [0.25, 0.3) is 5.91 Å². The van der Waals surface area contributed by atoms with Crippen LogP contribution in [0.4, 0.5) is 11.4 Å². The summed E-state index contributed by atoms with van der Waals surface area (Å²) in [6, 6.07) is 30.7. The molecule has 5 aromatic rings. The van der Waals surface area contributed by atoms with Gasteiger partial charge in [-0.3, -0.25) is 14.8 Å². The van der Waals surface area contributed by atoms with E-state index in [0.29, 0.717) is 23.1 Å². The zero-order valence-electron chi connectivity index (χ0n) is 22.1. The molecular weight excluding hydrogens is 532 g/mol. The first-order valence-electron chi connectivity index (χ1n) is 13.3. The van der Waals surface area contributed by atoms with Gasteiger partial charge in [-0.25, -0.2) is 0 Å². The summed E-state index contributed by atoms with van der Waals surface area (Å²) in [5, 5.41) is 7.01. The van der Waals surface area contributed by atoms with Crippen LogP contribution in [0.1, 0.15) is 29.0 Å². The molecule has 0 radical (unpaired) electrons. The summed E-state index contributed by atoms with van der Waals surface area (Å²) in [4.78, 5) is 23.5. The predicted octanol–water partition coefficient (Wildman–Crippen LogP) is 5.52. The SMILES string of the molecule is O=C(COc1ccccc1)Nc1ccc(N2C(=S)N[C@@H](c3ccccn3)[C@@H]2c2cccn2Cc2cccnc2)cc1. The Kier molecular flexibility index (Phi) is 7.68. The molecule has 2 N–H and O–H groups in total. The maximum atomic E-state index is 12.5. The number of amides is 1. The molecule has 0 aliphatic carbocycles. The van der Waals surface area contributed by atoms with Crippen LogP contribution in [0.2, 0.25) is 0 Å². The molecule has 0 spiro atoms. The van der Waals surface area contributed by atoms with Gasteiger partial charge in [-0.05, 0) is 84.5 Å². The van der Waals surface area contributed by atoms with E-state index in [1.54, 1.807) is 12.4 Å². The van der Waals surface area contributed by atoms with Crippen molar-refractivity contribution in [2.45, 2.75) is 18.6 Å². The number of pyridine rings is 2. The standard InChI is InChI=1S/C32H28N6O2S/c39-29(22-40-26-9-2-1-3-10-26)35-24-13-15-25(16-14-24)38-31(30(36-32(38)41)27-11-4-5-18-34-27)28-12-7-19-37(28)21-23-8-6-17-33-20-23/h1-20,30-31H,21-22H2,(H,35,39)(H,36,41)/t30-,31-/m0/s1. The van der Waals surface area contributed by atoms with Gasteiger partial charge in [0, 0.05) is 48.4 Å². The van der Waals surface area contributed by atoms with Crippen molar-refractivity contribution in [2.24, 2.45) is 0 Å². The Morgan fingerprint density at radius 2 is 1.76 bits per heavy atom. The molecule has 204 valence electrons. The number of rotatable bonds is 9. The third kappa shape index (κ3) is 5.95. The van der Waals surface area contributed by atoms with Crippen molar-refractivity contribution in [1.29, 1.82) is 0 Å². The number of benzene rings is 2. The molecule has 8 nitrogen and oxygen atoms in total. The summed E-state index contributed by atoms with van der Waals surface area (Å²) in [6.45, 7) is 0.603. The second-order valence-corrected chi connectivity index (χ2v) is 10.0. The second kappa shape index (κ2) is 12.0. The van der Waals surface area contributed by atoms with E-state index in [4.69, 9.17) is 17.0 Å². The fourth-order valence-electron chi connectivity index (χ4n) is 5.03. The number of hydrogen-bond donors (Lipinski definition) is 2. The molecule has 1 fully saturated rings. The minimum Gasteiger partial charge on any atom is -0.484 e. The van der Waals surface area contributed by atoms with Crippen LogP contribution >= 0.6 is 12.2 Å². The molecule has 0 saturated carbocycles. The first-order valence-corrected chi connectivity index (χ1v) is 13.7. The number of carbonyl (C=O) groups is 1. The third-order valence-corrected chi connectivity index (χ3v) is 7.20.